The fraction of sp³-hybridized carbons (Fsp3) is 0.467. The summed E-state index contributed by atoms with van der Waals surface area (Å²) < 4.78 is 30.3. The van der Waals surface area contributed by atoms with Gasteiger partial charge in [0.15, 0.2) is 0 Å². The molecule has 0 unspecified atom stereocenters. The lowest BCUT2D eigenvalue weighted by molar-refractivity contribution is -0.145. The summed E-state index contributed by atoms with van der Waals surface area (Å²) >= 11 is 0. The third-order valence-corrected chi connectivity index (χ3v) is 4.98. The number of rotatable bonds is 4. The molecule has 0 spiro atoms. The number of nitrogens with zero attached hydrogens (tertiary/aromatic N) is 1. The van der Waals surface area contributed by atoms with Crippen molar-refractivity contribution in [1.82, 2.24) is 4.31 Å². The molecule has 120 valence electrons. The Hall–Kier alpha value is -1.89. The molecule has 0 radical (unpaired) electrons. The van der Waals surface area contributed by atoms with Gasteiger partial charge in [0.25, 0.3) is 15.9 Å². The second kappa shape index (κ2) is 5.72. The van der Waals surface area contributed by atoms with Gasteiger partial charge in [-0.15, -0.1) is 0 Å². The van der Waals surface area contributed by atoms with Crippen molar-refractivity contribution in [3.05, 3.63) is 29.8 Å². The first-order valence-corrected chi connectivity index (χ1v) is 8.39. The molecule has 22 heavy (non-hydrogen) atoms. The van der Waals surface area contributed by atoms with E-state index in [2.05, 4.69) is 0 Å². The summed E-state index contributed by atoms with van der Waals surface area (Å²) in [4.78, 5) is 23.7. The van der Waals surface area contributed by atoms with E-state index in [0.29, 0.717) is 0 Å². The Balaban J connectivity index is 2.01. The van der Waals surface area contributed by atoms with E-state index in [9.17, 15) is 18.0 Å². The Labute approximate surface area is 130 Å². The number of fused-ring (bicyclic) bond motifs is 1. The Morgan fingerprint density at radius 1 is 1.23 bits per heavy atom. The van der Waals surface area contributed by atoms with E-state index in [1.807, 2.05) is 20.8 Å². The highest BCUT2D eigenvalue weighted by atomic mass is 32.2. The van der Waals surface area contributed by atoms with Crippen molar-refractivity contribution < 1.29 is 22.7 Å². The highest BCUT2D eigenvalue weighted by Gasteiger charge is 2.40. The number of ether oxygens (including phenoxy) is 1. The Morgan fingerprint density at radius 2 is 1.86 bits per heavy atom. The van der Waals surface area contributed by atoms with Gasteiger partial charge in [0.1, 0.15) is 11.5 Å². The molecule has 0 N–H and O–H groups in total. The zero-order valence-corrected chi connectivity index (χ0v) is 13.6. The van der Waals surface area contributed by atoms with E-state index in [0.717, 1.165) is 4.31 Å². The number of hydrogen-bond acceptors (Lipinski definition) is 5. The maximum Gasteiger partial charge on any atom is 0.306 e. The molecule has 0 saturated heterocycles. The van der Waals surface area contributed by atoms with Crippen LogP contribution in [0.1, 0.15) is 37.6 Å². The molecule has 1 aliphatic rings. The molecule has 1 aliphatic heterocycles. The van der Waals surface area contributed by atoms with Crippen LogP contribution in [0.15, 0.2) is 29.2 Å². The van der Waals surface area contributed by atoms with Gasteiger partial charge in [-0.05, 0) is 17.5 Å². The topological polar surface area (TPSA) is 80.8 Å². The number of hydrogen-bond donors (Lipinski definition) is 0. The van der Waals surface area contributed by atoms with Crippen molar-refractivity contribution in [3.8, 4) is 0 Å². The minimum Gasteiger partial charge on any atom is -0.464 e. The van der Waals surface area contributed by atoms with Gasteiger partial charge in [-0.3, -0.25) is 9.59 Å². The first-order valence-electron chi connectivity index (χ1n) is 6.95. The van der Waals surface area contributed by atoms with Gasteiger partial charge in [0.05, 0.1) is 18.5 Å². The first-order chi connectivity index (χ1) is 10.1. The second-order valence-electron chi connectivity index (χ2n) is 6.34. The van der Waals surface area contributed by atoms with Crippen molar-refractivity contribution in [1.29, 1.82) is 0 Å². The summed E-state index contributed by atoms with van der Waals surface area (Å²) in [6.45, 7) is 5.39. The van der Waals surface area contributed by atoms with Crippen molar-refractivity contribution in [3.63, 3.8) is 0 Å². The zero-order chi connectivity index (χ0) is 16.5. The third kappa shape index (κ3) is 3.30. The number of carbonyl (C=O) groups excluding carboxylic acids is 2. The standard InChI is InChI=1S/C15H19NO5S/c1-15(2,3)10-13(17)21-9-8-16-14(18)11-6-4-5-7-12(11)22(16,19)20/h4-7H,8-10H2,1-3H3. The zero-order valence-electron chi connectivity index (χ0n) is 12.8. The average molecular weight is 325 g/mol. The number of amides is 1. The van der Waals surface area contributed by atoms with Crippen LogP contribution in [0, 0.1) is 5.41 Å². The Bertz CT molecular complexity index is 703. The summed E-state index contributed by atoms with van der Waals surface area (Å²) in [5.74, 6) is -0.989. The van der Waals surface area contributed by atoms with Gasteiger partial charge in [-0.25, -0.2) is 12.7 Å². The molecule has 1 aromatic rings. The predicted molar refractivity (Wildman–Crippen MR) is 79.7 cm³/mol. The van der Waals surface area contributed by atoms with Crippen LogP contribution in [-0.4, -0.2) is 37.8 Å². The van der Waals surface area contributed by atoms with Crippen LogP contribution >= 0.6 is 0 Å². The quantitative estimate of drug-likeness (QED) is 0.789. The molecule has 6 nitrogen and oxygen atoms in total. The minimum absolute atomic E-state index is 0.000943. The summed E-state index contributed by atoms with van der Waals surface area (Å²) in [7, 11) is -3.84. The largest absolute Gasteiger partial charge is 0.464 e. The van der Waals surface area contributed by atoms with Crippen molar-refractivity contribution in [2.24, 2.45) is 5.41 Å². The number of carbonyl (C=O) groups is 2. The molecule has 0 atom stereocenters. The fourth-order valence-electron chi connectivity index (χ4n) is 2.18. The summed E-state index contributed by atoms with van der Waals surface area (Å²) in [5.41, 5.74) is -0.0495. The molecule has 0 aliphatic carbocycles. The van der Waals surface area contributed by atoms with Crippen LogP contribution in [0.5, 0.6) is 0 Å². The smallest absolute Gasteiger partial charge is 0.306 e. The summed E-state index contributed by atoms with van der Waals surface area (Å²) in [6.07, 6.45) is 0.230. The minimum atomic E-state index is -3.84. The molecule has 0 fully saturated rings. The van der Waals surface area contributed by atoms with Crippen LogP contribution in [-0.2, 0) is 19.6 Å². The van der Waals surface area contributed by atoms with Crippen molar-refractivity contribution >= 4 is 21.9 Å². The Morgan fingerprint density at radius 3 is 2.45 bits per heavy atom. The number of esters is 1. The van der Waals surface area contributed by atoms with E-state index >= 15 is 0 Å². The maximum atomic E-state index is 12.3. The molecule has 0 bridgehead atoms. The van der Waals surface area contributed by atoms with E-state index in [1.165, 1.54) is 12.1 Å². The molecule has 1 amide bonds. The highest BCUT2D eigenvalue weighted by molar-refractivity contribution is 7.90. The van der Waals surface area contributed by atoms with E-state index in [1.54, 1.807) is 12.1 Å². The third-order valence-electron chi connectivity index (χ3n) is 3.14. The van der Waals surface area contributed by atoms with Gasteiger partial charge in [0, 0.05) is 0 Å². The van der Waals surface area contributed by atoms with Crippen molar-refractivity contribution in [2.75, 3.05) is 13.2 Å². The molecule has 7 heteroatoms. The first kappa shape index (κ1) is 16.5. The van der Waals surface area contributed by atoms with Gasteiger partial charge in [-0.2, -0.15) is 0 Å². The normalized spacial score (nSPS) is 16.5. The van der Waals surface area contributed by atoms with Crippen molar-refractivity contribution in [2.45, 2.75) is 32.1 Å². The average Bonchev–Trinajstić information content (AvgIpc) is 2.58. The maximum absolute atomic E-state index is 12.3. The lowest BCUT2D eigenvalue weighted by Gasteiger charge is -2.18. The fourth-order valence-corrected chi connectivity index (χ4v) is 3.73. The van der Waals surface area contributed by atoms with Crippen LogP contribution in [0.2, 0.25) is 0 Å². The molecule has 1 heterocycles. The molecular weight excluding hydrogens is 306 g/mol. The van der Waals surface area contributed by atoms with Crippen LogP contribution in [0.3, 0.4) is 0 Å². The van der Waals surface area contributed by atoms with E-state index in [4.69, 9.17) is 4.74 Å². The van der Waals surface area contributed by atoms with Crippen LogP contribution < -0.4 is 0 Å². The van der Waals surface area contributed by atoms with Gasteiger partial charge in [0.2, 0.25) is 0 Å². The van der Waals surface area contributed by atoms with Crippen LogP contribution in [0.25, 0.3) is 0 Å². The van der Waals surface area contributed by atoms with E-state index < -0.39 is 21.9 Å². The second-order valence-corrected chi connectivity index (χ2v) is 8.17. The summed E-state index contributed by atoms with van der Waals surface area (Å²) in [5, 5.41) is 0. The predicted octanol–water partition coefficient (Wildman–Crippen LogP) is 1.81. The molecule has 1 aromatic carbocycles. The van der Waals surface area contributed by atoms with Crippen LogP contribution in [0.4, 0.5) is 0 Å². The molecule has 0 saturated carbocycles. The number of benzene rings is 1. The SMILES string of the molecule is CC(C)(C)CC(=O)OCCN1C(=O)c2ccccc2S1(=O)=O. The lowest BCUT2D eigenvalue weighted by Crippen LogP contribution is -2.34. The Kier molecular flexibility index (Phi) is 4.28. The highest BCUT2D eigenvalue weighted by Crippen LogP contribution is 2.29. The summed E-state index contributed by atoms with van der Waals surface area (Å²) in [6, 6.07) is 6.05. The van der Waals surface area contributed by atoms with Gasteiger partial charge >= 0.3 is 5.97 Å². The molecular formula is C15H19NO5S. The lowest BCUT2D eigenvalue weighted by atomic mass is 9.93. The van der Waals surface area contributed by atoms with Gasteiger partial charge in [-0.1, -0.05) is 32.9 Å². The molecule has 2 rings (SSSR count). The molecule has 0 aromatic heterocycles. The number of sulfonamides is 1. The van der Waals surface area contributed by atoms with E-state index in [-0.39, 0.29) is 35.4 Å². The monoisotopic (exact) mass is 325 g/mol. The van der Waals surface area contributed by atoms with Gasteiger partial charge < -0.3 is 4.74 Å².